The third-order valence-electron chi connectivity index (χ3n) is 8.16. The van der Waals surface area contributed by atoms with Crippen LogP contribution < -0.4 is 5.73 Å². The van der Waals surface area contributed by atoms with Gasteiger partial charge < -0.3 is 15.6 Å². The molecule has 2 atom stereocenters. The monoisotopic (exact) mass is 550 g/mol. The van der Waals surface area contributed by atoms with Crippen LogP contribution in [0.25, 0.3) is 11.3 Å². The zero-order valence-corrected chi connectivity index (χ0v) is 21.5. The van der Waals surface area contributed by atoms with E-state index < -0.39 is 17.5 Å². The van der Waals surface area contributed by atoms with E-state index >= 15 is 4.39 Å². The SMILES string of the molecule is Nc1ccc(-c2cnc(C3CN4C(=O)CC5(CC5)[C@H]4C4=C3C3=CC(=O)C=C(F)/C3=C(\Cl)C=NC4)[nH]2)c(Cl)n1. The number of nitrogens with two attached hydrogens (primary N) is 1. The number of nitrogen functional groups attached to an aromatic ring is 1. The number of aromatic nitrogens is 3. The number of hydrogen-bond donors (Lipinski definition) is 2. The fourth-order valence-electron chi connectivity index (χ4n) is 6.39. The summed E-state index contributed by atoms with van der Waals surface area (Å²) in [6.45, 7) is 0.611. The Morgan fingerprint density at radius 3 is 2.76 bits per heavy atom. The minimum atomic E-state index is -0.706. The summed E-state index contributed by atoms with van der Waals surface area (Å²) in [4.78, 5) is 44.4. The number of anilines is 1. The number of nitrogens with one attached hydrogen (secondary N) is 1. The molecule has 38 heavy (non-hydrogen) atoms. The predicted octanol–water partition coefficient (Wildman–Crippen LogP) is 4.42. The summed E-state index contributed by atoms with van der Waals surface area (Å²) >= 11 is 12.9. The normalized spacial score (nSPS) is 27.5. The van der Waals surface area contributed by atoms with Gasteiger partial charge in [-0.2, -0.15) is 0 Å². The lowest BCUT2D eigenvalue weighted by atomic mass is 9.74. The molecule has 0 bridgehead atoms. The van der Waals surface area contributed by atoms with Gasteiger partial charge in [0, 0.05) is 41.8 Å². The lowest BCUT2D eigenvalue weighted by Gasteiger charge is -2.42. The number of allylic oxidation sites excluding steroid dienone is 6. The van der Waals surface area contributed by atoms with Crippen molar-refractivity contribution in [3.8, 4) is 11.3 Å². The Balaban J connectivity index is 1.43. The summed E-state index contributed by atoms with van der Waals surface area (Å²) < 4.78 is 15.3. The zero-order valence-electron chi connectivity index (χ0n) is 20.0. The lowest BCUT2D eigenvalue weighted by Crippen LogP contribution is -2.46. The summed E-state index contributed by atoms with van der Waals surface area (Å²) in [5.74, 6) is -0.718. The molecule has 1 saturated heterocycles. The third-order valence-corrected chi connectivity index (χ3v) is 8.73. The highest BCUT2D eigenvalue weighted by molar-refractivity contribution is 6.40. The molecule has 0 radical (unpaired) electrons. The van der Waals surface area contributed by atoms with Crippen molar-refractivity contribution in [1.82, 2.24) is 19.9 Å². The average Bonchev–Trinajstić information content (AvgIpc) is 3.34. The number of pyridine rings is 1. The van der Waals surface area contributed by atoms with Gasteiger partial charge in [-0.05, 0) is 47.8 Å². The molecule has 1 spiro atoms. The Labute approximate surface area is 226 Å². The first-order chi connectivity index (χ1) is 18.3. The number of carbonyl (C=O) groups excluding carboxylic acids is 2. The number of carbonyl (C=O) groups is 2. The van der Waals surface area contributed by atoms with Crippen molar-refractivity contribution in [2.75, 3.05) is 18.8 Å². The molecule has 1 amide bonds. The van der Waals surface area contributed by atoms with Crippen molar-refractivity contribution in [1.29, 1.82) is 0 Å². The highest BCUT2D eigenvalue weighted by Gasteiger charge is 2.62. The number of ketones is 1. The minimum Gasteiger partial charge on any atom is -0.384 e. The maximum atomic E-state index is 15.3. The van der Waals surface area contributed by atoms with Crippen LogP contribution in [0.15, 0.2) is 68.6 Å². The molecule has 192 valence electrons. The predicted molar refractivity (Wildman–Crippen MR) is 141 cm³/mol. The maximum absolute atomic E-state index is 15.3. The topological polar surface area (TPSA) is 117 Å². The molecule has 1 unspecified atom stereocenters. The standard InChI is InChI=1S/C27H21Cl2FN6O2/c28-17-9-32-8-15-22(14-5-12(37)6-18(30)23(14)17)16(11-36-21(38)7-27(3-4-27)24(15)36)26-33-10-19(34-26)13-1-2-20(31)35-25(13)29/h1-2,5-6,9-10,16,24H,3-4,7-8,11H2,(H2,31,35)(H,33,34)/b23-17-,32-9?/t16?,24-/m1/s1. The first-order valence-corrected chi connectivity index (χ1v) is 13.0. The first kappa shape index (κ1) is 23.5. The van der Waals surface area contributed by atoms with E-state index in [1.807, 2.05) is 4.90 Å². The Morgan fingerprint density at radius 1 is 1.18 bits per heavy atom. The number of imidazole rings is 1. The Bertz CT molecular complexity index is 1610. The number of halogens is 3. The molecule has 3 aliphatic heterocycles. The number of amides is 1. The third kappa shape index (κ3) is 3.45. The van der Waals surface area contributed by atoms with E-state index in [9.17, 15) is 9.59 Å². The smallest absolute Gasteiger partial charge is 0.223 e. The Hall–Kier alpha value is -3.56. The van der Waals surface area contributed by atoms with Gasteiger partial charge in [0.05, 0.1) is 35.4 Å². The highest BCUT2D eigenvalue weighted by Crippen LogP contribution is 2.62. The number of aliphatic imine (C=N–C) groups is 1. The molecule has 2 aromatic heterocycles. The van der Waals surface area contributed by atoms with Gasteiger partial charge >= 0.3 is 0 Å². The van der Waals surface area contributed by atoms with Crippen LogP contribution in [0.2, 0.25) is 5.15 Å². The number of hydrogen-bond acceptors (Lipinski definition) is 6. The quantitative estimate of drug-likeness (QED) is 0.536. The van der Waals surface area contributed by atoms with E-state index in [-0.39, 0.29) is 39.7 Å². The number of fused-ring (bicyclic) bond motifs is 5. The molecule has 2 aromatic rings. The number of aromatic amines is 1. The first-order valence-electron chi connectivity index (χ1n) is 12.3. The van der Waals surface area contributed by atoms with Crippen LogP contribution in [-0.4, -0.2) is 56.9 Å². The van der Waals surface area contributed by atoms with Gasteiger partial charge in [-0.1, -0.05) is 23.2 Å². The molecule has 0 aromatic carbocycles. The van der Waals surface area contributed by atoms with E-state index in [1.54, 1.807) is 18.3 Å². The second-order valence-electron chi connectivity index (χ2n) is 10.4. The van der Waals surface area contributed by atoms with Gasteiger partial charge in [-0.15, -0.1) is 0 Å². The molecule has 5 aliphatic rings. The second kappa shape index (κ2) is 8.22. The largest absolute Gasteiger partial charge is 0.384 e. The van der Waals surface area contributed by atoms with Crippen molar-refractivity contribution in [3.63, 3.8) is 0 Å². The average molecular weight is 551 g/mol. The number of rotatable bonds is 2. The zero-order chi connectivity index (χ0) is 26.3. The van der Waals surface area contributed by atoms with Crippen LogP contribution >= 0.6 is 23.2 Å². The molecule has 1 saturated carbocycles. The molecule has 8 nitrogen and oxygen atoms in total. The minimum absolute atomic E-state index is 0.0845. The molecule has 3 N–H and O–H groups in total. The molecule has 7 rings (SSSR count). The highest BCUT2D eigenvalue weighted by atomic mass is 35.5. The van der Waals surface area contributed by atoms with Crippen LogP contribution in [0.1, 0.15) is 31.0 Å². The van der Waals surface area contributed by atoms with Crippen LogP contribution in [0, 0.1) is 5.41 Å². The van der Waals surface area contributed by atoms with Crippen molar-refractivity contribution >= 4 is 46.9 Å². The van der Waals surface area contributed by atoms with Gasteiger partial charge in [0.2, 0.25) is 5.91 Å². The summed E-state index contributed by atoms with van der Waals surface area (Å²) in [7, 11) is 0. The Morgan fingerprint density at radius 2 is 2.00 bits per heavy atom. The van der Waals surface area contributed by atoms with Gasteiger partial charge in [0.1, 0.15) is 22.6 Å². The fourth-order valence-corrected chi connectivity index (χ4v) is 6.91. The van der Waals surface area contributed by atoms with E-state index in [4.69, 9.17) is 28.9 Å². The van der Waals surface area contributed by atoms with Crippen LogP contribution in [0.5, 0.6) is 0 Å². The van der Waals surface area contributed by atoms with Gasteiger partial charge in [-0.3, -0.25) is 14.6 Å². The van der Waals surface area contributed by atoms with Crippen LogP contribution in [0.3, 0.4) is 0 Å². The van der Waals surface area contributed by atoms with E-state index in [0.29, 0.717) is 41.4 Å². The summed E-state index contributed by atoms with van der Waals surface area (Å²) in [6, 6.07) is 3.23. The van der Waals surface area contributed by atoms with Gasteiger partial charge in [0.15, 0.2) is 5.78 Å². The Kier molecular flexibility index (Phi) is 5.09. The summed E-state index contributed by atoms with van der Waals surface area (Å²) in [6.07, 6.45) is 7.78. The van der Waals surface area contributed by atoms with Crippen molar-refractivity contribution < 1.29 is 14.0 Å². The number of nitrogens with zero attached hydrogens (tertiary/aromatic N) is 4. The second-order valence-corrected chi connectivity index (χ2v) is 11.1. The molecule has 2 aliphatic carbocycles. The number of H-pyrrole nitrogens is 1. The van der Waals surface area contributed by atoms with E-state index in [0.717, 1.165) is 30.1 Å². The molecule has 11 heteroatoms. The molecule has 2 fully saturated rings. The molecular weight excluding hydrogens is 530 g/mol. The molecule has 5 heterocycles. The van der Waals surface area contributed by atoms with Gasteiger partial charge in [-0.25, -0.2) is 14.4 Å². The lowest BCUT2D eigenvalue weighted by molar-refractivity contribution is -0.129. The summed E-state index contributed by atoms with van der Waals surface area (Å²) in [5, 5.41) is 0.341. The van der Waals surface area contributed by atoms with Crippen molar-refractivity contribution in [3.05, 3.63) is 74.6 Å². The van der Waals surface area contributed by atoms with E-state index in [1.165, 1.54) is 12.3 Å². The van der Waals surface area contributed by atoms with Gasteiger partial charge in [0.25, 0.3) is 0 Å². The van der Waals surface area contributed by atoms with E-state index in [2.05, 4.69) is 19.9 Å². The van der Waals surface area contributed by atoms with Crippen molar-refractivity contribution in [2.24, 2.45) is 10.4 Å². The fraction of sp³-hybridized carbons (Fsp3) is 0.296. The summed E-state index contributed by atoms with van der Waals surface area (Å²) in [5.41, 5.74) is 9.05. The van der Waals surface area contributed by atoms with Crippen LogP contribution in [-0.2, 0) is 9.59 Å². The van der Waals surface area contributed by atoms with Crippen molar-refractivity contribution in [2.45, 2.75) is 31.2 Å². The van der Waals surface area contributed by atoms with Crippen LogP contribution in [0.4, 0.5) is 10.2 Å². The maximum Gasteiger partial charge on any atom is 0.223 e. The molecular formula is C27H21Cl2FN6O2.